The van der Waals surface area contributed by atoms with Crippen molar-refractivity contribution < 1.29 is 8.78 Å². The van der Waals surface area contributed by atoms with E-state index in [1.54, 1.807) is 0 Å². The fourth-order valence-electron chi connectivity index (χ4n) is 0.967. The Morgan fingerprint density at radius 1 is 1.54 bits per heavy atom. The zero-order valence-electron chi connectivity index (χ0n) is 6.82. The maximum absolute atomic E-state index is 12.4. The maximum atomic E-state index is 12.4. The molecule has 0 aromatic carbocycles. The van der Waals surface area contributed by atoms with Crippen LogP contribution >= 0.6 is 31.9 Å². The molecule has 0 N–H and O–H groups in total. The van der Waals surface area contributed by atoms with E-state index in [1.165, 1.54) is 6.20 Å². The van der Waals surface area contributed by atoms with E-state index in [0.29, 0.717) is 15.4 Å². The van der Waals surface area contributed by atoms with Crippen molar-refractivity contribution in [2.45, 2.75) is 18.7 Å². The Morgan fingerprint density at radius 3 is 2.62 bits per heavy atom. The molecule has 0 fully saturated rings. The van der Waals surface area contributed by atoms with Crippen LogP contribution in [0.1, 0.15) is 23.2 Å². The fourth-order valence-corrected chi connectivity index (χ4v) is 2.36. The van der Waals surface area contributed by atoms with Gasteiger partial charge >= 0.3 is 0 Å². The minimum atomic E-state index is -2.52. The summed E-state index contributed by atoms with van der Waals surface area (Å²) < 4.78 is 25.5. The molecule has 0 saturated heterocycles. The number of pyridine rings is 1. The van der Waals surface area contributed by atoms with Crippen LogP contribution in [0.5, 0.6) is 0 Å². The minimum absolute atomic E-state index is 0.158. The van der Waals surface area contributed by atoms with E-state index in [1.807, 2.05) is 6.92 Å². The Bertz CT molecular complexity index is 315. The molecule has 0 amide bonds. The van der Waals surface area contributed by atoms with E-state index in [2.05, 4.69) is 36.8 Å². The number of rotatable bonds is 2. The minimum Gasteiger partial charge on any atom is -0.255 e. The first-order valence-electron chi connectivity index (χ1n) is 3.56. The second kappa shape index (κ2) is 4.46. The molecule has 0 atom stereocenters. The summed E-state index contributed by atoms with van der Waals surface area (Å²) in [4.78, 5) is 3.70. The summed E-state index contributed by atoms with van der Waals surface area (Å²) >= 11 is 6.41. The van der Waals surface area contributed by atoms with Gasteiger partial charge in [-0.1, -0.05) is 31.9 Å². The number of alkyl halides is 3. The van der Waals surface area contributed by atoms with Crippen molar-refractivity contribution in [2.24, 2.45) is 0 Å². The van der Waals surface area contributed by atoms with Crippen LogP contribution in [0, 0.1) is 6.92 Å². The zero-order chi connectivity index (χ0) is 10.0. The van der Waals surface area contributed by atoms with Crippen molar-refractivity contribution in [2.75, 3.05) is 0 Å². The van der Waals surface area contributed by atoms with E-state index < -0.39 is 6.43 Å². The van der Waals surface area contributed by atoms with Crippen LogP contribution in [0.15, 0.2) is 10.7 Å². The van der Waals surface area contributed by atoms with Gasteiger partial charge in [0.1, 0.15) is 5.69 Å². The average molecular weight is 315 g/mol. The fraction of sp³-hybridized carbons (Fsp3) is 0.375. The lowest BCUT2D eigenvalue weighted by Crippen LogP contribution is -1.99. The molecule has 0 bridgehead atoms. The number of aryl methyl sites for hydroxylation is 1. The molecule has 1 heterocycles. The van der Waals surface area contributed by atoms with Gasteiger partial charge in [0.15, 0.2) is 0 Å². The number of nitrogens with zero attached hydrogens (tertiary/aromatic N) is 1. The number of hydrogen-bond acceptors (Lipinski definition) is 1. The predicted molar refractivity (Wildman–Crippen MR) is 54.3 cm³/mol. The van der Waals surface area contributed by atoms with Gasteiger partial charge in [-0.25, -0.2) is 8.78 Å². The van der Waals surface area contributed by atoms with Crippen LogP contribution in [0.25, 0.3) is 0 Å². The summed E-state index contributed by atoms with van der Waals surface area (Å²) in [6.07, 6.45) is -1.08. The molecule has 0 aliphatic rings. The van der Waals surface area contributed by atoms with E-state index >= 15 is 0 Å². The molecule has 1 aromatic rings. The lowest BCUT2D eigenvalue weighted by Gasteiger charge is -2.09. The summed E-state index contributed by atoms with van der Waals surface area (Å²) in [5.74, 6) is 0. The highest BCUT2D eigenvalue weighted by atomic mass is 79.9. The molecule has 0 aliphatic carbocycles. The molecule has 1 aromatic heterocycles. The first kappa shape index (κ1) is 11.0. The quantitative estimate of drug-likeness (QED) is 0.752. The number of hydrogen-bond donors (Lipinski definition) is 0. The van der Waals surface area contributed by atoms with Crippen LogP contribution in [0.4, 0.5) is 8.78 Å². The lowest BCUT2D eigenvalue weighted by atomic mass is 10.2. The van der Waals surface area contributed by atoms with Crippen molar-refractivity contribution in [3.63, 3.8) is 0 Å². The van der Waals surface area contributed by atoms with Crippen LogP contribution in [0.2, 0.25) is 0 Å². The number of halogens is 4. The predicted octanol–water partition coefficient (Wildman–Crippen LogP) is 3.99. The third-order valence-electron chi connectivity index (χ3n) is 1.66. The van der Waals surface area contributed by atoms with Crippen molar-refractivity contribution in [1.29, 1.82) is 0 Å². The first-order valence-corrected chi connectivity index (χ1v) is 5.47. The zero-order valence-corrected chi connectivity index (χ0v) is 9.99. The largest absolute Gasteiger partial charge is 0.280 e. The summed E-state index contributed by atoms with van der Waals surface area (Å²) in [5.41, 5.74) is 1.23. The standard InChI is InChI=1S/C8H7Br2F2N/c1-4-3-13-7(8(11)12)5(2-9)6(4)10/h3,8H,2H2,1H3. The van der Waals surface area contributed by atoms with E-state index in [9.17, 15) is 8.78 Å². The van der Waals surface area contributed by atoms with Gasteiger partial charge in [-0.3, -0.25) is 4.98 Å². The molecular formula is C8H7Br2F2N. The summed E-state index contributed by atoms with van der Waals surface area (Å²) in [6.45, 7) is 1.82. The van der Waals surface area contributed by atoms with Gasteiger partial charge in [-0.2, -0.15) is 0 Å². The normalized spacial score (nSPS) is 10.9. The van der Waals surface area contributed by atoms with Gasteiger partial charge in [0.25, 0.3) is 6.43 Å². The van der Waals surface area contributed by atoms with E-state index in [0.717, 1.165) is 5.56 Å². The monoisotopic (exact) mass is 313 g/mol. The SMILES string of the molecule is Cc1cnc(C(F)F)c(CBr)c1Br. The van der Waals surface area contributed by atoms with E-state index in [4.69, 9.17) is 0 Å². The first-order chi connectivity index (χ1) is 6.07. The molecule has 1 nitrogen and oxygen atoms in total. The Kier molecular flexibility index (Phi) is 3.79. The van der Waals surface area contributed by atoms with Gasteiger partial charge in [-0.05, 0) is 12.5 Å². The molecule has 0 spiro atoms. The smallest absolute Gasteiger partial charge is 0.255 e. The van der Waals surface area contributed by atoms with Gasteiger partial charge < -0.3 is 0 Å². The molecule has 13 heavy (non-hydrogen) atoms. The third kappa shape index (κ3) is 2.26. The van der Waals surface area contributed by atoms with Crippen LogP contribution < -0.4 is 0 Å². The molecule has 1 rings (SSSR count). The molecule has 0 radical (unpaired) electrons. The number of aromatic nitrogens is 1. The average Bonchev–Trinajstić information content (AvgIpc) is 2.09. The summed E-state index contributed by atoms with van der Waals surface area (Å²) in [7, 11) is 0. The van der Waals surface area contributed by atoms with Crippen molar-refractivity contribution in [3.8, 4) is 0 Å². The highest BCUT2D eigenvalue weighted by molar-refractivity contribution is 9.10. The lowest BCUT2D eigenvalue weighted by molar-refractivity contribution is 0.145. The highest BCUT2D eigenvalue weighted by Gasteiger charge is 2.17. The molecular weight excluding hydrogens is 308 g/mol. The van der Waals surface area contributed by atoms with Gasteiger partial charge in [0, 0.05) is 21.6 Å². The Morgan fingerprint density at radius 2 is 2.15 bits per heavy atom. The van der Waals surface area contributed by atoms with Gasteiger partial charge in [0.2, 0.25) is 0 Å². The molecule has 0 aliphatic heterocycles. The van der Waals surface area contributed by atoms with Crippen LogP contribution in [-0.2, 0) is 5.33 Å². The second-order valence-electron chi connectivity index (χ2n) is 2.55. The maximum Gasteiger partial charge on any atom is 0.280 e. The van der Waals surface area contributed by atoms with Crippen molar-refractivity contribution in [3.05, 3.63) is 27.5 Å². The third-order valence-corrected chi connectivity index (χ3v) is 3.32. The van der Waals surface area contributed by atoms with Crippen LogP contribution in [-0.4, -0.2) is 4.98 Å². The van der Waals surface area contributed by atoms with Crippen molar-refractivity contribution >= 4 is 31.9 Å². The topological polar surface area (TPSA) is 12.9 Å². The van der Waals surface area contributed by atoms with Crippen molar-refractivity contribution in [1.82, 2.24) is 4.98 Å². The van der Waals surface area contributed by atoms with Gasteiger partial charge in [0.05, 0.1) is 0 Å². The van der Waals surface area contributed by atoms with E-state index in [-0.39, 0.29) is 5.69 Å². The Hall–Kier alpha value is -0.0300. The summed E-state index contributed by atoms with van der Waals surface area (Å²) in [6, 6.07) is 0. The molecule has 0 unspecified atom stereocenters. The second-order valence-corrected chi connectivity index (χ2v) is 3.91. The Balaban J connectivity index is 3.30. The van der Waals surface area contributed by atoms with Gasteiger partial charge in [-0.15, -0.1) is 0 Å². The molecule has 0 saturated carbocycles. The van der Waals surface area contributed by atoms with Crippen LogP contribution in [0.3, 0.4) is 0 Å². The molecule has 72 valence electrons. The molecule has 5 heteroatoms. The highest BCUT2D eigenvalue weighted by Crippen LogP contribution is 2.30. The Labute approximate surface area is 91.8 Å². The summed E-state index contributed by atoms with van der Waals surface area (Å²) in [5, 5.41) is 0.377.